The summed E-state index contributed by atoms with van der Waals surface area (Å²) in [4.78, 5) is 25.0. The van der Waals surface area contributed by atoms with E-state index >= 15 is 0 Å². The van der Waals surface area contributed by atoms with Crippen molar-refractivity contribution >= 4 is 16.9 Å². The number of phenolic OH excluding ortho intramolecular Hbond substituents is 2. The lowest BCUT2D eigenvalue weighted by Crippen LogP contribution is -2.61. The van der Waals surface area contributed by atoms with Crippen LogP contribution < -0.4 is 10.2 Å². The van der Waals surface area contributed by atoms with Crippen LogP contribution in [0.1, 0.15) is 19.8 Å². The number of carbonyl (C=O) groups excluding carboxylic acids is 1. The van der Waals surface area contributed by atoms with Crippen LogP contribution in [-0.2, 0) is 14.3 Å². The Morgan fingerprint density at radius 2 is 1.72 bits per heavy atom. The van der Waals surface area contributed by atoms with Gasteiger partial charge in [-0.25, -0.2) is 4.79 Å². The first-order chi connectivity index (χ1) is 17.2. The number of carbonyl (C=O) groups is 1. The summed E-state index contributed by atoms with van der Waals surface area (Å²) >= 11 is 0. The summed E-state index contributed by atoms with van der Waals surface area (Å²) in [5, 5.41) is 50.6. The molecule has 0 unspecified atom stereocenters. The molecule has 4 rings (SSSR count). The van der Waals surface area contributed by atoms with Crippen LogP contribution in [0.25, 0.3) is 22.3 Å². The van der Waals surface area contributed by atoms with E-state index in [1.54, 1.807) is 0 Å². The number of hydrogen-bond acceptors (Lipinski definition) is 11. The van der Waals surface area contributed by atoms with Crippen LogP contribution in [0.5, 0.6) is 17.2 Å². The molecule has 0 aliphatic carbocycles. The van der Waals surface area contributed by atoms with Crippen LogP contribution in [0, 0.1) is 0 Å². The Bertz CT molecular complexity index is 1280. The van der Waals surface area contributed by atoms with Crippen molar-refractivity contribution in [1.29, 1.82) is 0 Å². The molecule has 1 fully saturated rings. The summed E-state index contributed by atoms with van der Waals surface area (Å²) in [7, 11) is 0. The molecule has 11 heteroatoms. The highest BCUT2D eigenvalue weighted by molar-refractivity contribution is 5.86. The van der Waals surface area contributed by atoms with Gasteiger partial charge in [-0.3, -0.25) is 4.79 Å². The largest absolute Gasteiger partial charge is 0.508 e. The molecule has 0 bridgehead atoms. The highest BCUT2D eigenvalue weighted by Crippen LogP contribution is 2.33. The van der Waals surface area contributed by atoms with Crippen molar-refractivity contribution in [3.8, 4) is 28.6 Å². The molecule has 0 amide bonds. The van der Waals surface area contributed by atoms with Gasteiger partial charge in [0, 0.05) is 23.8 Å². The number of unbranched alkanes of at least 4 members (excludes halogenated alkanes) is 1. The number of ether oxygens (including phenoxy) is 3. The molecule has 0 radical (unpaired) electrons. The van der Waals surface area contributed by atoms with E-state index in [0.717, 1.165) is 12.5 Å². The second kappa shape index (κ2) is 10.5. The Balaban J connectivity index is 1.62. The van der Waals surface area contributed by atoms with Gasteiger partial charge in [0.1, 0.15) is 52.3 Å². The molecule has 3 aromatic rings. The van der Waals surface area contributed by atoms with E-state index in [1.807, 2.05) is 6.92 Å². The maximum atomic E-state index is 12.6. The molecular formula is C25H26O11. The minimum Gasteiger partial charge on any atom is -0.508 e. The maximum Gasteiger partial charge on any atom is 0.338 e. The molecule has 5 N–H and O–H groups in total. The van der Waals surface area contributed by atoms with Crippen LogP contribution in [0.15, 0.2) is 51.7 Å². The summed E-state index contributed by atoms with van der Waals surface area (Å²) in [6.07, 6.45) is -7.20. The monoisotopic (exact) mass is 502 g/mol. The van der Waals surface area contributed by atoms with Gasteiger partial charge >= 0.3 is 5.97 Å². The van der Waals surface area contributed by atoms with Crippen molar-refractivity contribution in [1.82, 2.24) is 0 Å². The van der Waals surface area contributed by atoms with Crippen LogP contribution >= 0.6 is 0 Å². The first-order valence-electron chi connectivity index (χ1n) is 11.3. The zero-order chi connectivity index (χ0) is 26.0. The highest BCUT2D eigenvalue weighted by atomic mass is 16.7. The normalized spacial score (nSPS) is 23.9. The van der Waals surface area contributed by atoms with Crippen molar-refractivity contribution in [2.75, 3.05) is 6.61 Å². The Morgan fingerprint density at radius 3 is 2.42 bits per heavy atom. The highest BCUT2D eigenvalue weighted by Gasteiger charge is 2.48. The van der Waals surface area contributed by atoms with Crippen molar-refractivity contribution in [3.05, 3.63) is 52.7 Å². The Hall–Kier alpha value is -3.64. The Labute approximate surface area is 204 Å². The fraction of sp³-hybridized carbons (Fsp3) is 0.360. The molecule has 0 spiro atoms. The quantitative estimate of drug-likeness (QED) is 0.233. The van der Waals surface area contributed by atoms with Gasteiger partial charge in [0.05, 0.1) is 6.61 Å². The molecule has 36 heavy (non-hydrogen) atoms. The second-order valence-electron chi connectivity index (χ2n) is 8.37. The summed E-state index contributed by atoms with van der Waals surface area (Å²) in [6, 6.07) is 9.46. The summed E-state index contributed by atoms with van der Waals surface area (Å²) < 4.78 is 21.8. The van der Waals surface area contributed by atoms with E-state index in [1.165, 1.54) is 36.4 Å². The fourth-order valence-electron chi connectivity index (χ4n) is 3.75. The van der Waals surface area contributed by atoms with E-state index in [9.17, 15) is 35.1 Å². The van der Waals surface area contributed by atoms with Crippen molar-refractivity contribution < 1.29 is 49.0 Å². The minimum atomic E-state index is -1.79. The number of benzene rings is 2. The van der Waals surface area contributed by atoms with Gasteiger partial charge in [-0.2, -0.15) is 0 Å². The van der Waals surface area contributed by atoms with Crippen molar-refractivity contribution in [2.24, 2.45) is 0 Å². The molecule has 1 aromatic heterocycles. The van der Waals surface area contributed by atoms with E-state index in [2.05, 4.69) is 0 Å². The van der Waals surface area contributed by atoms with Gasteiger partial charge in [-0.05, 0) is 30.7 Å². The third kappa shape index (κ3) is 5.14. The lowest BCUT2D eigenvalue weighted by Gasteiger charge is -2.39. The zero-order valence-electron chi connectivity index (χ0n) is 19.2. The lowest BCUT2D eigenvalue weighted by molar-refractivity contribution is -0.272. The average molecular weight is 502 g/mol. The van der Waals surface area contributed by atoms with Crippen LogP contribution in [-0.4, -0.2) is 68.8 Å². The minimum absolute atomic E-state index is 0.0288. The summed E-state index contributed by atoms with van der Waals surface area (Å²) in [5.74, 6) is -1.33. The van der Waals surface area contributed by atoms with E-state index in [0.29, 0.717) is 12.0 Å². The number of aromatic hydroxyl groups is 2. The number of esters is 1. The zero-order valence-corrected chi connectivity index (χ0v) is 19.2. The molecule has 0 saturated carbocycles. The first-order valence-corrected chi connectivity index (χ1v) is 11.3. The van der Waals surface area contributed by atoms with Gasteiger partial charge in [-0.1, -0.05) is 13.3 Å². The van der Waals surface area contributed by atoms with Crippen molar-refractivity contribution in [3.63, 3.8) is 0 Å². The van der Waals surface area contributed by atoms with Crippen LogP contribution in [0.2, 0.25) is 0 Å². The van der Waals surface area contributed by atoms with Crippen LogP contribution in [0.3, 0.4) is 0 Å². The van der Waals surface area contributed by atoms with Crippen molar-refractivity contribution in [2.45, 2.75) is 50.5 Å². The molecule has 2 heterocycles. The maximum absolute atomic E-state index is 12.6. The summed E-state index contributed by atoms with van der Waals surface area (Å²) in [6.45, 7) is 1.99. The molecule has 1 saturated heterocycles. The van der Waals surface area contributed by atoms with Crippen LogP contribution in [0.4, 0.5) is 0 Å². The molecule has 192 valence electrons. The first kappa shape index (κ1) is 25.5. The smallest absolute Gasteiger partial charge is 0.338 e. The third-order valence-electron chi connectivity index (χ3n) is 5.73. The Morgan fingerprint density at radius 1 is 1.00 bits per heavy atom. The van der Waals surface area contributed by atoms with E-state index in [4.69, 9.17) is 18.6 Å². The molecule has 1 aliphatic heterocycles. The van der Waals surface area contributed by atoms with Gasteiger partial charge in [0.2, 0.25) is 6.29 Å². The van der Waals surface area contributed by atoms with Gasteiger partial charge < -0.3 is 44.2 Å². The lowest BCUT2D eigenvalue weighted by atomic mass is 9.99. The van der Waals surface area contributed by atoms with Gasteiger partial charge in [-0.15, -0.1) is 0 Å². The number of rotatable bonds is 7. The third-order valence-corrected chi connectivity index (χ3v) is 5.73. The number of aliphatic hydroxyl groups excluding tert-OH is 3. The standard InChI is InChI=1S/C25H26O11/c1-2-3-8-33-24(32)23-21(30)20(29)22(31)25(36-23)34-14-9-15(27)19-16(28)11-17(35-18(19)10-14)12-4-6-13(26)7-5-12/h4-7,9-11,20-23,25-27,29-31H,2-3,8H2,1H3/t20-,21-,22+,23-,25+/m0/s1. The summed E-state index contributed by atoms with van der Waals surface area (Å²) in [5.41, 5.74) is -0.0991. The molecule has 11 nitrogen and oxygen atoms in total. The number of fused-ring (bicyclic) bond motifs is 1. The number of hydrogen-bond donors (Lipinski definition) is 5. The Kier molecular flexibility index (Phi) is 7.45. The average Bonchev–Trinajstić information content (AvgIpc) is 2.84. The predicted octanol–water partition coefficient (Wildman–Crippen LogP) is 1.40. The SMILES string of the molecule is CCCCOC(=O)[C@H]1O[C@@H](Oc2cc(O)c3c(=O)cc(-c4ccc(O)cc4)oc3c2)[C@H](O)[C@@H](O)[C@@H]1O. The molecule has 2 aromatic carbocycles. The van der Waals surface area contributed by atoms with E-state index in [-0.39, 0.29) is 34.8 Å². The number of phenols is 2. The fourth-order valence-corrected chi connectivity index (χ4v) is 3.75. The predicted molar refractivity (Wildman–Crippen MR) is 124 cm³/mol. The molecule has 1 aliphatic rings. The molecule has 5 atom stereocenters. The topological polar surface area (TPSA) is 176 Å². The second-order valence-corrected chi connectivity index (χ2v) is 8.37. The van der Waals surface area contributed by atoms with E-state index < -0.39 is 47.9 Å². The molecular weight excluding hydrogens is 476 g/mol. The number of aliphatic hydroxyl groups is 3. The van der Waals surface area contributed by atoms with Gasteiger partial charge in [0.25, 0.3) is 0 Å². The van der Waals surface area contributed by atoms with Gasteiger partial charge in [0.15, 0.2) is 11.5 Å².